The molecule has 1 unspecified atom stereocenters. The summed E-state index contributed by atoms with van der Waals surface area (Å²) in [6, 6.07) is 0. The Morgan fingerprint density at radius 1 is 1.69 bits per heavy atom. The third-order valence-electron chi connectivity index (χ3n) is 1.39. The van der Waals surface area contributed by atoms with Crippen molar-refractivity contribution in [3.05, 3.63) is 12.8 Å². The number of rotatable bonds is 8. The number of hydrogen-bond donors (Lipinski definition) is 1. The summed E-state index contributed by atoms with van der Waals surface area (Å²) in [4.78, 5) is 10.1. The Morgan fingerprint density at radius 3 is 2.92 bits per heavy atom. The van der Waals surface area contributed by atoms with E-state index in [1.807, 2.05) is 6.92 Å². The first kappa shape index (κ1) is 12.0. The van der Waals surface area contributed by atoms with Crippen LogP contribution in [-0.4, -0.2) is 30.4 Å². The molecule has 0 bridgehead atoms. The van der Waals surface area contributed by atoms with Crippen molar-refractivity contribution in [1.29, 1.82) is 0 Å². The second-order valence-corrected chi connectivity index (χ2v) is 2.68. The summed E-state index contributed by atoms with van der Waals surface area (Å²) in [5.41, 5.74) is 0. The van der Waals surface area contributed by atoms with E-state index in [0.717, 1.165) is 0 Å². The molecule has 0 radical (unpaired) electrons. The zero-order valence-electron chi connectivity index (χ0n) is 7.86. The van der Waals surface area contributed by atoms with Crippen LogP contribution in [-0.2, 0) is 14.3 Å². The average molecular weight is 188 g/mol. The van der Waals surface area contributed by atoms with Gasteiger partial charge in [-0.25, -0.2) is 0 Å². The maximum atomic E-state index is 10.1. The Labute approximate surface area is 78.2 Å². The molecule has 76 valence electrons. The Morgan fingerprint density at radius 2 is 2.38 bits per heavy atom. The predicted octanol–water partition coefficient (Wildman–Crippen LogP) is 1.42. The van der Waals surface area contributed by atoms with Gasteiger partial charge in [0.15, 0.2) is 0 Å². The molecule has 4 nitrogen and oxygen atoms in total. The molecule has 0 amide bonds. The molecule has 1 N–H and O–H groups in total. The van der Waals surface area contributed by atoms with Crippen LogP contribution < -0.4 is 0 Å². The van der Waals surface area contributed by atoms with Crippen molar-refractivity contribution in [3.63, 3.8) is 0 Å². The van der Waals surface area contributed by atoms with Crippen LogP contribution in [0.3, 0.4) is 0 Å². The lowest BCUT2D eigenvalue weighted by molar-refractivity contribution is -0.137. The van der Waals surface area contributed by atoms with Crippen LogP contribution in [0.5, 0.6) is 0 Å². The van der Waals surface area contributed by atoms with E-state index in [2.05, 4.69) is 6.58 Å². The molecule has 0 spiro atoms. The standard InChI is InChI=1S/C9H16O4/c1-3-12-7-8(2)13-6-4-5-9(10)11/h3,8H,1,4-7H2,2H3,(H,10,11). The highest BCUT2D eigenvalue weighted by Crippen LogP contribution is 1.96. The first-order valence-corrected chi connectivity index (χ1v) is 4.22. The summed E-state index contributed by atoms with van der Waals surface area (Å²) < 4.78 is 10.2. The van der Waals surface area contributed by atoms with Crippen LogP contribution in [0, 0.1) is 0 Å². The van der Waals surface area contributed by atoms with E-state index >= 15 is 0 Å². The Kier molecular flexibility index (Phi) is 7.01. The molecule has 0 fully saturated rings. The summed E-state index contributed by atoms with van der Waals surface area (Å²) in [5.74, 6) is -0.793. The molecule has 0 rings (SSSR count). The van der Waals surface area contributed by atoms with Crippen molar-refractivity contribution in [1.82, 2.24) is 0 Å². The van der Waals surface area contributed by atoms with Crippen LogP contribution >= 0.6 is 0 Å². The second-order valence-electron chi connectivity index (χ2n) is 2.68. The van der Waals surface area contributed by atoms with E-state index in [1.54, 1.807) is 0 Å². The minimum atomic E-state index is -0.793. The fraction of sp³-hybridized carbons (Fsp3) is 0.667. The zero-order valence-corrected chi connectivity index (χ0v) is 7.86. The van der Waals surface area contributed by atoms with Gasteiger partial charge >= 0.3 is 5.97 Å². The van der Waals surface area contributed by atoms with Gasteiger partial charge < -0.3 is 14.6 Å². The Hall–Kier alpha value is -1.03. The summed E-state index contributed by atoms with van der Waals surface area (Å²) >= 11 is 0. The number of carboxylic acids is 1. The Balaban J connectivity index is 3.21. The maximum Gasteiger partial charge on any atom is 0.303 e. The molecule has 1 atom stereocenters. The summed E-state index contributed by atoms with van der Waals surface area (Å²) in [6.07, 6.45) is 2.02. The average Bonchev–Trinajstić information content (AvgIpc) is 2.08. The highest BCUT2D eigenvalue weighted by atomic mass is 16.5. The third-order valence-corrected chi connectivity index (χ3v) is 1.39. The molecule has 0 aliphatic rings. The van der Waals surface area contributed by atoms with Gasteiger partial charge in [0, 0.05) is 13.0 Å². The molecular weight excluding hydrogens is 172 g/mol. The highest BCUT2D eigenvalue weighted by molar-refractivity contribution is 5.66. The maximum absolute atomic E-state index is 10.1. The van der Waals surface area contributed by atoms with Crippen LogP contribution in [0.4, 0.5) is 0 Å². The van der Waals surface area contributed by atoms with Gasteiger partial charge in [-0.3, -0.25) is 4.79 Å². The zero-order chi connectivity index (χ0) is 10.1. The highest BCUT2D eigenvalue weighted by Gasteiger charge is 2.02. The second kappa shape index (κ2) is 7.61. The number of carbonyl (C=O) groups is 1. The minimum absolute atomic E-state index is 0.0215. The molecule has 4 heteroatoms. The molecular formula is C9H16O4. The lowest BCUT2D eigenvalue weighted by Crippen LogP contribution is -2.15. The van der Waals surface area contributed by atoms with Crippen LogP contribution in [0.25, 0.3) is 0 Å². The smallest absolute Gasteiger partial charge is 0.303 e. The van der Waals surface area contributed by atoms with Crippen LogP contribution in [0.2, 0.25) is 0 Å². The van der Waals surface area contributed by atoms with E-state index in [-0.39, 0.29) is 12.5 Å². The molecule has 0 saturated carbocycles. The van der Waals surface area contributed by atoms with Crippen molar-refractivity contribution < 1.29 is 19.4 Å². The van der Waals surface area contributed by atoms with Crippen molar-refractivity contribution >= 4 is 5.97 Å². The number of aliphatic carboxylic acids is 1. The fourth-order valence-electron chi connectivity index (χ4n) is 0.760. The lowest BCUT2D eigenvalue weighted by Gasteiger charge is -2.11. The normalized spacial score (nSPS) is 12.1. The van der Waals surface area contributed by atoms with Gasteiger partial charge in [0.1, 0.15) is 6.61 Å². The van der Waals surface area contributed by atoms with Gasteiger partial charge in [0.2, 0.25) is 0 Å². The van der Waals surface area contributed by atoms with Crippen molar-refractivity contribution in [2.45, 2.75) is 25.9 Å². The number of ether oxygens (including phenoxy) is 2. The molecule has 0 aliphatic heterocycles. The molecule has 0 aliphatic carbocycles. The summed E-state index contributed by atoms with van der Waals surface area (Å²) in [5, 5.41) is 8.33. The molecule has 0 saturated heterocycles. The van der Waals surface area contributed by atoms with E-state index < -0.39 is 5.97 Å². The summed E-state index contributed by atoms with van der Waals surface area (Å²) in [7, 11) is 0. The van der Waals surface area contributed by atoms with Crippen molar-refractivity contribution in [3.8, 4) is 0 Å². The Bertz CT molecular complexity index is 156. The van der Waals surface area contributed by atoms with Crippen molar-refractivity contribution in [2.75, 3.05) is 13.2 Å². The molecule has 13 heavy (non-hydrogen) atoms. The van der Waals surface area contributed by atoms with Crippen molar-refractivity contribution in [2.24, 2.45) is 0 Å². The van der Waals surface area contributed by atoms with Gasteiger partial charge in [-0.1, -0.05) is 6.58 Å². The number of carboxylic acid groups (broad SMARTS) is 1. The number of hydrogen-bond acceptors (Lipinski definition) is 3. The SMILES string of the molecule is C=COCC(C)OCCCC(=O)O. The van der Waals surface area contributed by atoms with Crippen LogP contribution in [0.1, 0.15) is 19.8 Å². The van der Waals surface area contributed by atoms with Crippen LogP contribution in [0.15, 0.2) is 12.8 Å². The van der Waals surface area contributed by atoms with Gasteiger partial charge in [-0.05, 0) is 13.3 Å². The van der Waals surface area contributed by atoms with Gasteiger partial charge in [-0.2, -0.15) is 0 Å². The van der Waals surface area contributed by atoms with E-state index in [0.29, 0.717) is 19.6 Å². The minimum Gasteiger partial charge on any atom is -0.499 e. The van der Waals surface area contributed by atoms with E-state index in [9.17, 15) is 4.79 Å². The lowest BCUT2D eigenvalue weighted by atomic mass is 10.3. The van der Waals surface area contributed by atoms with E-state index in [1.165, 1.54) is 6.26 Å². The molecule has 0 aromatic rings. The molecule has 0 heterocycles. The van der Waals surface area contributed by atoms with Gasteiger partial charge in [0.25, 0.3) is 0 Å². The van der Waals surface area contributed by atoms with Gasteiger partial charge in [0.05, 0.1) is 12.4 Å². The largest absolute Gasteiger partial charge is 0.499 e. The quantitative estimate of drug-likeness (QED) is 0.462. The third kappa shape index (κ3) is 8.88. The monoisotopic (exact) mass is 188 g/mol. The predicted molar refractivity (Wildman–Crippen MR) is 48.4 cm³/mol. The van der Waals surface area contributed by atoms with Gasteiger partial charge in [-0.15, -0.1) is 0 Å². The summed E-state index contributed by atoms with van der Waals surface area (Å²) in [6.45, 7) is 6.17. The first-order valence-electron chi connectivity index (χ1n) is 4.22. The molecule has 0 aromatic heterocycles. The van der Waals surface area contributed by atoms with E-state index in [4.69, 9.17) is 14.6 Å². The molecule has 0 aromatic carbocycles. The fourth-order valence-corrected chi connectivity index (χ4v) is 0.760. The topological polar surface area (TPSA) is 55.8 Å². The first-order chi connectivity index (χ1) is 6.16.